The Hall–Kier alpha value is -1.56. The van der Waals surface area contributed by atoms with Crippen molar-refractivity contribution in [2.75, 3.05) is 13.7 Å². The first-order valence-electron chi connectivity index (χ1n) is 7.55. The molecule has 1 unspecified atom stereocenters. The zero-order valence-corrected chi connectivity index (χ0v) is 15.9. The summed E-state index contributed by atoms with van der Waals surface area (Å²) in [7, 11) is 1.28. The number of methoxy groups -OCH3 is 1. The molecule has 0 aliphatic heterocycles. The second-order valence-electron chi connectivity index (χ2n) is 6.47. The SMILES string of the molecule is COC(=O)NC(C(=O)NCC(C)(C)c1cccc(Br)c1)C(C)C. The van der Waals surface area contributed by atoms with Crippen molar-refractivity contribution in [1.29, 1.82) is 0 Å². The summed E-state index contributed by atoms with van der Waals surface area (Å²) in [6.07, 6.45) is -0.606. The highest BCUT2D eigenvalue weighted by atomic mass is 79.9. The molecule has 5 nitrogen and oxygen atoms in total. The van der Waals surface area contributed by atoms with Gasteiger partial charge in [0.15, 0.2) is 0 Å². The van der Waals surface area contributed by atoms with Crippen molar-refractivity contribution in [1.82, 2.24) is 10.6 Å². The minimum absolute atomic E-state index is 0.0388. The van der Waals surface area contributed by atoms with E-state index in [2.05, 4.69) is 45.1 Å². The summed E-state index contributed by atoms with van der Waals surface area (Å²) < 4.78 is 5.58. The molecule has 1 atom stereocenters. The summed E-state index contributed by atoms with van der Waals surface area (Å²) in [6, 6.07) is 7.38. The highest BCUT2D eigenvalue weighted by molar-refractivity contribution is 9.10. The summed E-state index contributed by atoms with van der Waals surface area (Å²) in [5.41, 5.74) is 0.890. The fourth-order valence-corrected chi connectivity index (χ4v) is 2.55. The van der Waals surface area contributed by atoms with Crippen molar-refractivity contribution in [3.8, 4) is 0 Å². The van der Waals surface area contributed by atoms with E-state index in [0.717, 1.165) is 10.0 Å². The number of benzene rings is 1. The third kappa shape index (κ3) is 5.86. The van der Waals surface area contributed by atoms with Crippen LogP contribution in [0.15, 0.2) is 28.7 Å². The van der Waals surface area contributed by atoms with Crippen LogP contribution in [0.3, 0.4) is 0 Å². The van der Waals surface area contributed by atoms with Crippen molar-refractivity contribution in [2.24, 2.45) is 5.92 Å². The van der Waals surface area contributed by atoms with Gasteiger partial charge in [-0.25, -0.2) is 4.79 Å². The predicted octanol–water partition coefficient (Wildman–Crippen LogP) is 3.22. The third-order valence-corrected chi connectivity index (χ3v) is 4.21. The summed E-state index contributed by atoms with van der Waals surface area (Å²) in [5, 5.41) is 5.50. The van der Waals surface area contributed by atoms with Gasteiger partial charge in [0.05, 0.1) is 7.11 Å². The van der Waals surface area contributed by atoms with Crippen molar-refractivity contribution in [2.45, 2.75) is 39.2 Å². The molecular formula is C17H25BrN2O3. The molecule has 0 saturated carbocycles. The monoisotopic (exact) mass is 384 g/mol. The van der Waals surface area contributed by atoms with Gasteiger partial charge in [0.2, 0.25) is 5.91 Å². The Labute approximate surface area is 146 Å². The molecule has 0 aliphatic rings. The van der Waals surface area contributed by atoms with Crippen molar-refractivity contribution >= 4 is 27.9 Å². The first-order chi connectivity index (χ1) is 10.7. The minimum atomic E-state index is -0.624. The zero-order valence-electron chi connectivity index (χ0n) is 14.3. The van der Waals surface area contributed by atoms with Crippen LogP contribution in [0.2, 0.25) is 0 Å². The van der Waals surface area contributed by atoms with Gasteiger partial charge in [0, 0.05) is 16.4 Å². The molecule has 0 bridgehead atoms. The largest absolute Gasteiger partial charge is 0.453 e. The Morgan fingerprint density at radius 1 is 1.30 bits per heavy atom. The molecule has 23 heavy (non-hydrogen) atoms. The van der Waals surface area contributed by atoms with Crippen LogP contribution in [0.5, 0.6) is 0 Å². The van der Waals surface area contributed by atoms with E-state index in [0.29, 0.717) is 6.54 Å². The van der Waals surface area contributed by atoms with Crippen LogP contribution in [-0.4, -0.2) is 31.7 Å². The molecule has 2 amide bonds. The molecule has 1 aromatic carbocycles. The van der Waals surface area contributed by atoms with Gasteiger partial charge in [-0.15, -0.1) is 0 Å². The number of halogens is 1. The molecule has 0 radical (unpaired) electrons. The predicted molar refractivity (Wildman–Crippen MR) is 94.3 cm³/mol. The van der Waals surface area contributed by atoms with Crippen LogP contribution < -0.4 is 10.6 Å². The molecule has 0 fully saturated rings. The number of nitrogens with one attached hydrogen (secondary N) is 2. The summed E-state index contributed by atoms with van der Waals surface area (Å²) in [4.78, 5) is 23.8. The second kappa shape index (κ2) is 8.34. The van der Waals surface area contributed by atoms with Crippen LogP contribution in [0.25, 0.3) is 0 Å². The second-order valence-corrected chi connectivity index (χ2v) is 7.39. The lowest BCUT2D eigenvalue weighted by Crippen LogP contribution is -2.51. The Morgan fingerprint density at radius 2 is 1.96 bits per heavy atom. The van der Waals surface area contributed by atoms with Crippen LogP contribution in [0, 0.1) is 5.92 Å². The maximum atomic E-state index is 12.4. The van der Waals surface area contributed by atoms with Gasteiger partial charge >= 0.3 is 6.09 Å². The van der Waals surface area contributed by atoms with Gasteiger partial charge in [-0.1, -0.05) is 55.8 Å². The van der Waals surface area contributed by atoms with E-state index in [9.17, 15) is 9.59 Å². The van der Waals surface area contributed by atoms with Crippen molar-refractivity contribution in [3.05, 3.63) is 34.3 Å². The lowest BCUT2D eigenvalue weighted by Gasteiger charge is -2.28. The van der Waals surface area contributed by atoms with Gasteiger partial charge in [-0.2, -0.15) is 0 Å². The van der Waals surface area contributed by atoms with Crippen molar-refractivity contribution < 1.29 is 14.3 Å². The lowest BCUT2D eigenvalue weighted by molar-refractivity contribution is -0.124. The quantitative estimate of drug-likeness (QED) is 0.790. The highest BCUT2D eigenvalue weighted by Crippen LogP contribution is 2.25. The number of hydrogen-bond acceptors (Lipinski definition) is 3. The lowest BCUT2D eigenvalue weighted by atomic mass is 9.84. The smallest absolute Gasteiger partial charge is 0.407 e. The summed E-state index contributed by atoms with van der Waals surface area (Å²) in [5.74, 6) is -0.253. The molecule has 0 saturated heterocycles. The highest BCUT2D eigenvalue weighted by Gasteiger charge is 2.27. The van der Waals surface area contributed by atoms with Crippen LogP contribution in [0.1, 0.15) is 33.3 Å². The molecule has 0 aromatic heterocycles. The molecule has 0 aliphatic carbocycles. The fraction of sp³-hybridized carbons (Fsp3) is 0.529. The topological polar surface area (TPSA) is 67.4 Å². The number of rotatable bonds is 6. The molecule has 1 aromatic rings. The Kier molecular flexibility index (Phi) is 7.06. The van der Waals surface area contributed by atoms with E-state index < -0.39 is 12.1 Å². The maximum Gasteiger partial charge on any atom is 0.407 e. The number of carbonyl (C=O) groups excluding carboxylic acids is 2. The van der Waals surface area contributed by atoms with Gasteiger partial charge in [0.1, 0.15) is 6.04 Å². The first kappa shape index (κ1) is 19.5. The van der Waals surface area contributed by atoms with Gasteiger partial charge in [0.25, 0.3) is 0 Å². The van der Waals surface area contributed by atoms with Crippen molar-refractivity contribution in [3.63, 3.8) is 0 Å². The number of amides is 2. The molecule has 128 valence electrons. The van der Waals surface area contributed by atoms with Crippen LogP contribution in [-0.2, 0) is 14.9 Å². The standard InChI is InChI=1S/C17H25BrN2O3/c1-11(2)14(20-16(22)23-5)15(21)19-10-17(3,4)12-7-6-8-13(18)9-12/h6-9,11,14H,10H2,1-5H3,(H,19,21)(H,20,22). The van der Waals surface area contributed by atoms with Gasteiger partial charge in [-0.05, 0) is 23.6 Å². The normalized spacial score (nSPS) is 12.7. The molecule has 2 N–H and O–H groups in total. The van der Waals surface area contributed by atoms with E-state index in [1.54, 1.807) is 0 Å². The molecular weight excluding hydrogens is 360 g/mol. The first-order valence-corrected chi connectivity index (χ1v) is 8.35. The summed E-state index contributed by atoms with van der Waals surface area (Å²) in [6.45, 7) is 8.34. The minimum Gasteiger partial charge on any atom is -0.453 e. The van der Waals surface area contributed by atoms with Gasteiger partial charge in [-0.3, -0.25) is 4.79 Å². The molecule has 6 heteroatoms. The van der Waals surface area contributed by atoms with Gasteiger partial charge < -0.3 is 15.4 Å². The fourth-order valence-electron chi connectivity index (χ4n) is 2.15. The Balaban J connectivity index is 2.74. The van der Waals surface area contributed by atoms with Crippen LogP contribution >= 0.6 is 15.9 Å². The number of ether oxygens (including phenoxy) is 1. The van der Waals surface area contributed by atoms with E-state index in [1.165, 1.54) is 7.11 Å². The third-order valence-electron chi connectivity index (χ3n) is 3.72. The molecule has 1 rings (SSSR count). The van der Waals surface area contributed by atoms with E-state index in [4.69, 9.17) is 0 Å². The molecule has 0 spiro atoms. The maximum absolute atomic E-state index is 12.4. The van der Waals surface area contributed by atoms with E-state index in [-0.39, 0.29) is 17.2 Å². The average Bonchev–Trinajstić information content (AvgIpc) is 2.49. The average molecular weight is 385 g/mol. The number of hydrogen-bond donors (Lipinski definition) is 2. The Bertz CT molecular complexity index is 559. The number of alkyl carbamates (subject to hydrolysis) is 1. The van der Waals surface area contributed by atoms with E-state index >= 15 is 0 Å². The number of carbonyl (C=O) groups is 2. The summed E-state index contributed by atoms with van der Waals surface area (Å²) >= 11 is 3.46. The zero-order chi connectivity index (χ0) is 17.6. The van der Waals surface area contributed by atoms with E-state index in [1.807, 2.05) is 38.1 Å². The Morgan fingerprint density at radius 3 is 2.48 bits per heavy atom. The van der Waals surface area contributed by atoms with Crippen LogP contribution in [0.4, 0.5) is 4.79 Å². The molecule has 0 heterocycles.